The van der Waals surface area contributed by atoms with Crippen LogP contribution in [-0.4, -0.2) is 6.54 Å². The molecule has 2 rings (SSSR count). The molecule has 0 aliphatic carbocycles. The van der Waals surface area contributed by atoms with E-state index in [9.17, 15) is 0 Å². The van der Waals surface area contributed by atoms with Gasteiger partial charge in [-0.2, -0.15) is 0 Å². The summed E-state index contributed by atoms with van der Waals surface area (Å²) in [6, 6.07) is 14.0. The molecule has 0 saturated heterocycles. The first kappa shape index (κ1) is 14.7. The predicted octanol–water partition coefficient (Wildman–Crippen LogP) is 4.79. The molecular weight excluding hydrogens is 297 g/mol. The Balaban J connectivity index is 2.01. The van der Waals surface area contributed by atoms with Crippen LogP contribution in [0.5, 0.6) is 0 Å². The van der Waals surface area contributed by atoms with Crippen molar-refractivity contribution < 1.29 is 0 Å². The number of nitrogens with two attached hydrogens (primary N) is 1. The fraction of sp³-hybridized carbons (Fsp3) is 0.200. The van der Waals surface area contributed by atoms with Crippen molar-refractivity contribution in [2.24, 2.45) is 5.73 Å². The van der Waals surface area contributed by atoms with E-state index in [0.717, 1.165) is 27.1 Å². The van der Waals surface area contributed by atoms with Gasteiger partial charge in [0.05, 0.1) is 5.02 Å². The highest BCUT2D eigenvalue weighted by atomic mass is 35.5. The number of thioether (sulfide) groups is 1. The molecule has 19 heavy (non-hydrogen) atoms. The van der Waals surface area contributed by atoms with Gasteiger partial charge in [0.15, 0.2) is 0 Å². The second kappa shape index (κ2) is 7.20. The Hall–Kier alpha value is -0.670. The number of hydrogen-bond acceptors (Lipinski definition) is 2. The molecule has 0 saturated carbocycles. The minimum absolute atomic E-state index is 0.646. The zero-order valence-electron chi connectivity index (χ0n) is 10.4. The van der Waals surface area contributed by atoms with Crippen molar-refractivity contribution in [1.29, 1.82) is 0 Å². The Morgan fingerprint density at radius 2 is 1.63 bits per heavy atom. The van der Waals surface area contributed by atoms with E-state index in [2.05, 4.69) is 12.1 Å². The fourth-order valence-electron chi connectivity index (χ4n) is 1.73. The molecule has 0 radical (unpaired) electrons. The molecule has 0 aliphatic rings. The Labute approximate surface area is 128 Å². The predicted molar refractivity (Wildman–Crippen MR) is 85.2 cm³/mol. The first-order valence-corrected chi connectivity index (χ1v) is 7.79. The van der Waals surface area contributed by atoms with Crippen LogP contribution in [0.4, 0.5) is 0 Å². The molecule has 100 valence electrons. The van der Waals surface area contributed by atoms with Crippen LogP contribution in [0.2, 0.25) is 10.0 Å². The zero-order chi connectivity index (χ0) is 13.7. The Bertz CT molecular complexity index is 540. The molecule has 0 bridgehead atoms. The summed E-state index contributed by atoms with van der Waals surface area (Å²) in [4.78, 5) is 1.09. The molecule has 1 nitrogen and oxygen atoms in total. The lowest BCUT2D eigenvalue weighted by Crippen LogP contribution is -2.02. The summed E-state index contributed by atoms with van der Waals surface area (Å²) in [6.45, 7) is 0.646. The van der Waals surface area contributed by atoms with Crippen LogP contribution in [0.25, 0.3) is 0 Å². The Kier molecular flexibility index (Phi) is 5.59. The third-order valence-corrected chi connectivity index (χ3v) is 4.56. The number of rotatable bonds is 5. The van der Waals surface area contributed by atoms with Crippen molar-refractivity contribution in [2.75, 3.05) is 6.54 Å². The van der Waals surface area contributed by atoms with Crippen molar-refractivity contribution in [3.63, 3.8) is 0 Å². The van der Waals surface area contributed by atoms with Gasteiger partial charge in [0.25, 0.3) is 0 Å². The van der Waals surface area contributed by atoms with E-state index in [4.69, 9.17) is 28.9 Å². The smallest absolute Gasteiger partial charge is 0.0544 e. The van der Waals surface area contributed by atoms with Crippen LogP contribution in [0.3, 0.4) is 0 Å². The van der Waals surface area contributed by atoms with Crippen LogP contribution in [0.15, 0.2) is 47.4 Å². The summed E-state index contributed by atoms with van der Waals surface area (Å²) < 4.78 is 0. The first-order valence-electron chi connectivity index (χ1n) is 6.05. The lowest BCUT2D eigenvalue weighted by molar-refractivity contribution is 0.966. The van der Waals surface area contributed by atoms with Gasteiger partial charge >= 0.3 is 0 Å². The molecular formula is C15H15Cl2NS. The number of hydrogen-bond donors (Lipinski definition) is 1. The van der Waals surface area contributed by atoms with Gasteiger partial charge in [-0.3, -0.25) is 0 Å². The molecule has 0 spiro atoms. The van der Waals surface area contributed by atoms with Gasteiger partial charge in [-0.25, -0.2) is 0 Å². The van der Waals surface area contributed by atoms with E-state index in [1.165, 1.54) is 11.1 Å². The zero-order valence-corrected chi connectivity index (χ0v) is 12.7. The van der Waals surface area contributed by atoms with Crippen molar-refractivity contribution in [2.45, 2.75) is 17.1 Å². The highest BCUT2D eigenvalue weighted by molar-refractivity contribution is 7.98. The van der Waals surface area contributed by atoms with Gasteiger partial charge in [-0.15, -0.1) is 11.8 Å². The standard InChI is InChI=1S/C15H15Cl2NS/c16-13-4-1-12(2-5-13)10-19-15-6-3-11(7-8-18)9-14(15)17/h1-6,9H,7-8,10,18H2. The number of halogens is 2. The van der Waals surface area contributed by atoms with Crippen LogP contribution < -0.4 is 5.73 Å². The molecule has 2 N–H and O–H groups in total. The van der Waals surface area contributed by atoms with E-state index < -0.39 is 0 Å². The van der Waals surface area contributed by atoms with Gasteiger partial charge < -0.3 is 5.73 Å². The van der Waals surface area contributed by atoms with E-state index in [-0.39, 0.29) is 0 Å². The van der Waals surface area contributed by atoms with Gasteiger partial charge in [0, 0.05) is 15.7 Å². The monoisotopic (exact) mass is 311 g/mol. The average Bonchev–Trinajstić information content (AvgIpc) is 2.40. The second-order valence-electron chi connectivity index (χ2n) is 4.22. The minimum atomic E-state index is 0.646. The highest BCUT2D eigenvalue weighted by Crippen LogP contribution is 2.30. The van der Waals surface area contributed by atoms with E-state index in [1.807, 2.05) is 30.3 Å². The van der Waals surface area contributed by atoms with E-state index in [0.29, 0.717) is 6.54 Å². The summed E-state index contributed by atoms with van der Waals surface area (Å²) in [7, 11) is 0. The summed E-state index contributed by atoms with van der Waals surface area (Å²) in [6.07, 6.45) is 0.863. The molecule has 0 fully saturated rings. The van der Waals surface area contributed by atoms with Crippen molar-refractivity contribution in [1.82, 2.24) is 0 Å². The Morgan fingerprint density at radius 1 is 0.947 bits per heavy atom. The topological polar surface area (TPSA) is 26.0 Å². The van der Waals surface area contributed by atoms with Crippen molar-refractivity contribution >= 4 is 35.0 Å². The normalized spacial score (nSPS) is 10.7. The fourth-order valence-corrected chi connectivity index (χ4v) is 3.09. The number of benzene rings is 2. The van der Waals surface area contributed by atoms with Gasteiger partial charge in [-0.1, -0.05) is 41.4 Å². The molecule has 0 unspecified atom stereocenters. The summed E-state index contributed by atoms with van der Waals surface area (Å²) in [5.74, 6) is 0.882. The van der Waals surface area contributed by atoms with Gasteiger partial charge in [0.2, 0.25) is 0 Å². The molecule has 0 aromatic heterocycles. The summed E-state index contributed by atoms with van der Waals surface area (Å²) in [5, 5.41) is 1.56. The molecule has 0 amide bonds. The Morgan fingerprint density at radius 3 is 2.26 bits per heavy atom. The third-order valence-electron chi connectivity index (χ3n) is 2.74. The summed E-state index contributed by atoms with van der Waals surface area (Å²) >= 11 is 13.9. The van der Waals surface area contributed by atoms with Crippen LogP contribution in [-0.2, 0) is 12.2 Å². The quantitative estimate of drug-likeness (QED) is 0.804. The van der Waals surface area contributed by atoms with Gasteiger partial charge in [-0.05, 0) is 48.4 Å². The summed E-state index contributed by atoms with van der Waals surface area (Å²) in [5.41, 5.74) is 7.95. The van der Waals surface area contributed by atoms with Crippen molar-refractivity contribution in [3.05, 3.63) is 63.6 Å². The second-order valence-corrected chi connectivity index (χ2v) is 6.08. The largest absolute Gasteiger partial charge is 0.330 e. The molecule has 4 heteroatoms. The minimum Gasteiger partial charge on any atom is -0.330 e. The van der Waals surface area contributed by atoms with E-state index >= 15 is 0 Å². The lowest BCUT2D eigenvalue weighted by Gasteiger charge is -2.07. The van der Waals surface area contributed by atoms with Crippen LogP contribution >= 0.6 is 35.0 Å². The SMILES string of the molecule is NCCc1ccc(SCc2ccc(Cl)cc2)c(Cl)c1. The maximum Gasteiger partial charge on any atom is 0.0544 e. The molecule has 0 atom stereocenters. The van der Waals surface area contributed by atoms with Crippen LogP contribution in [0, 0.1) is 0 Å². The van der Waals surface area contributed by atoms with Crippen LogP contribution in [0.1, 0.15) is 11.1 Å². The lowest BCUT2D eigenvalue weighted by atomic mass is 10.1. The maximum absolute atomic E-state index is 6.27. The molecule has 0 heterocycles. The third kappa shape index (κ3) is 4.43. The molecule has 2 aromatic rings. The first-order chi connectivity index (χ1) is 9.19. The van der Waals surface area contributed by atoms with E-state index in [1.54, 1.807) is 11.8 Å². The average molecular weight is 312 g/mol. The molecule has 0 aliphatic heterocycles. The van der Waals surface area contributed by atoms with Gasteiger partial charge in [0.1, 0.15) is 0 Å². The van der Waals surface area contributed by atoms with Crippen molar-refractivity contribution in [3.8, 4) is 0 Å². The maximum atomic E-state index is 6.27. The highest BCUT2D eigenvalue weighted by Gasteiger charge is 2.03. The molecule has 2 aromatic carbocycles.